The molecule has 0 N–H and O–H groups in total. The van der Waals surface area contributed by atoms with Crippen molar-refractivity contribution in [3.63, 3.8) is 0 Å². The van der Waals surface area contributed by atoms with Crippen LogP contribution in [0.15, 0.2) is 146 Å². The summed E-state index contributed by atoms with van der Waals surface area (Å²) in [7, 11) is 0. The van der Waals surface area contributed by atoms with Crippen LogP contribution in [0.3, 0.4) is 0 Å². The van der Waals surface area contributed by atoms with Gasteiger partial charge in [-0.05, 0) is 122 Å². The summed E-state index contributed by atoms with van der Waals surface area (Å²) in [5.74, 6) is -0.951. The largest absolute Gasteiger partial charge is 0.462 e. The van der Waals surface area contributed by atoms with Crippen LogP contribution in [0.25, 0.3) is 0 Å². The molecule has 0 aromatic heterocycles. The zero-order valence-electron chi connectivity index (χ0n) is 48.3. The number of hydrogen-bond acceptors (Lipinski definition) is 6. The molecule has 1 atom stereocenters. The fraction of sp³-hybridized carbons (Fsp3) is 0.609. The molecule has 0 aliphatic heterocycles. The third-order valence-electron chi connectivity index (χ3n) is 12.3. The van der Waals surface area contributed by atoms with Gasteiger partial charge in [0.05, 0.1) is 0 Å². The van der Waals surface area contributed by atoms with Gasteiger partial charge in [0.15, 0.2) is 6.10 Å². The predicted molar refractivity (Wildman–Crippen MR) is 325 cm³/mol. The van der Waals surface area contributed by atoms with Crippen LogP contribution in [0.4, 0.5) is 0 Å². The maximum absolute atomic E-state index is 12.8. The second-order valence-corrected chi connectivity index (χ2v) is 19.5. The van der Waals surface area contributed by atoms with Crippen molar-refractivity contribution >= 4 is 17.9 Å². The van der Waals surface area contributed by atoms with Gasteiger partial charge in [-0.2, -0.15) is 0 Å². The number of unbranched alkanes of at least 4 members (excludes halogenated alkanes) is 18. The third kappa shape index (κ3) is 60.0. The number of carbonyl (C=O) groups is 3. The van der Waals surface area contributed by atoms with Crippen molar-refractivity contribution < 1.29 is 28.6 Å². The van der Waals surface area contributed by atoms with Crippen LogP contribution in [-0.4, -0.2) is 37.2 Å². The summed E-state index contributed by atoms with van der Waals surface area (Å²) in [5, 5.41) is 0. The van der Waals surface area contributed by atoms with Gasteiger partial charge in [0.25, 0.3) is 0 Å². The van der Waals surface area contributed by atoms with Gasteiger partial charge >= 0.3 is 17.9 Å². The van der Waals surface area contributed by atoms with E-state index in [9.17, 15) is 14.4 Å². The van der Waals surface area contributed by atoms with E-state index >= 15 is 0 Å². The molecule has 0 bridgehead atoms. The van der Waals surface area contributed by atoms with Gasteiger partial charge in [-0.25, -0.2) is 0 Å². The van der Waals surface area contributed by atoms with Gasteiger partial charge in [-0.1, -0.05) is 256 Å². The van der Waals surface area contributed by atoms with Crippen LogP contribution in [0.2, 0.25) is 0 Å². The predicted octanol–water partition coefficient (Wildman–Crippen LogP) is 20.8. The molecule has 0 radical (unpaired) electrons. The van der Waals surface area contributed by atoms with Crippen LogP contribution in [0.1, 0.15) is 252 Å². The second-order valence-electron chi connectivity index (χ2n) is 19.5. The molecule has 0 amide bonds. The Balaban J connectivity index is 4.10. The first-order valence-corrected chi connectivity index (χ1v) is 30.3. The first-order chi connectivity index (χ1) is 37.0. The molecule has 0 spiro atoms. The maximum Gasteiger partial charge on any atom is 0.306 e. The fourth-order valence-electron chi connectivity index (χ4n) is 7.86. The summed E-state index contributed by atoms with van der Waals surface area (Å²) in [6, 6.07) is 0. The fourth-order valence-corrected chi connectivity index (χ4v) is 7.86. The van der Waals surface area contributed by atoms with Crippen molar-refractivity contribution in [2.75, 3.05) is 13.2 Å². The van der Waals surface area contributed by atoms with Crippen LogP contribution in [0.5, 0.6) is 0 Å². The molecule has 1 unspecified atom stereocenters. The standard InChI is InChI=1S/C69H110O6/c1-4-7-10-13-15-17-19-21-23-25-27-28-29-30-31-32-33-34-35-36-37-38-39-40-42-43-45-47-49-51-53-56-59-62-68(71)74-65-66(64-73-67(70)61-58-55-12-9-6-3)75-69(72)63-60-57-54-52-50-48-46-44-41-26-24-22-20-18-16-14-11-8-5-2/h7-8,10-11,15-18,21-24,27-28,30-31,33-34,36-37,41,44,48,50,66H,4-6,9,12-14,19-20,25-26,29,32,35,38-40,42-43,45-47,49,51-65H2,1-3H3/b10-7-,11-8-,17-15-,18-16-,23-21-,24-22-,28-27-,31-30-,34-33-,37-36-,44-41-,50-48-. The number of allylic oxidation sites excluding steroid dienone is 24. The smallest absolute Gasteiger partial charge is 0.306 e. The molecule has 0 aliphatic rings. The monoisotopic (exact) mass is 1030 g/mol. The SMILES string of the molecule is CC/C=C\C/C=C\C/C=C\C/C=C\C/C=C\C/C=C\C/C=C\CCCCCCCCCCCCCC(=O)OCC(COC(=O)CCCCCCC)OC(=O)CCCCC/C=C\C/C=C\C/C=C\C/C=C\C/C=C\CC. The van der Waals surface area contributed by atoms with Gasteiger partial charge in [0, 0.05) is 19.3 Å². The molecule has 0 rings (SSSR count). The minimum Gasteiger partial charge on any atom is -0.462 e. The third-order valence-corrected chi connectivity index (χ3v) is 12.3. The Morgan fingerprint density at radius 3 is 0.827 bits per heavy atom. The van der Waals surface area contributed by atoms with E-state index in [0.29, 0.717) is 12.8 Å². The number of ether oxygens (including phenoxy) is 3. The number of hydrogen-bond donors (Lipinski definition) is 0. The molecule has 0 fully saturated rings. The highest BCUT2D eigenvalue weighted by Gasteiger charge is 2.19. The average molecular weight is 1040 g/mol. The van der Waals surface area contributed by atoms with E-state index < -0.39 is 6.10 Å². The van der Waals surface area contributed by atoms with E-state index in [-0.39, 0.29) is 37.5 Å². The number of carbonyl (C=O) groups excluding carboxylic acids is 3. The summed E-state index contributed by atoms with van der Waals surface area (Å²) in [6.45, 7) is 6.29. The summed E-state index contributed by atoms with van der Waals surface area (Å²) in [4.78, 5) is 37.8. The Morgan fingerprint density at radius 2 is 0.520 bits per heavy atom. The van der Waals surface area contributed by atoms with Crippen LogP contribution < -0.4 is 0 Å². The molecule has 6 nitrogen and oxygen atoms in total. The zero-order valence-corrected chi connectivity index (χ0v) is 48.3. The highest BCUT2D eigenvalue weighted by molar-refractivity contribution is 5.71. The van der Waals surface area contributed by atoms with Crippen molar-refractivity contribution in [1.82, 2.24) is 0 Å². The van der Waals surface area contributed by atoms with Crippen LogP contribution >= 0.6 is 0 Å². The Kier molecular flexibility index (Phi) is 58.0. The lowest BCUT2D eigenvalue weighted by molar-refractivity contribution is -0.167. The lowest BCUT2D eigenvalue weighted by atomic mass is 10.0. The second kappa shape index (κ2) is 61.8. The molecule has 0 aromatic carbocycles. The Morgan fingerprint density at radius 1 is 0.280 bits per heavy atom. The van der Waals surface area contributed by atoms with Crippen molar-refractivity contribution in [3.05, 3.63) is 146 Å². The lowest BCUT2D eigenvalue weighted by Crippen LogP contribution is -2.30. The Hall–Kier alpha value is -4.71. The molecular formula is C69H110O6. The zero-order chi connectivity index (χ0) is 54.3. The lowest BCUT2D eigenvalue weighted by Gasteiger charge is -2.18. The molecule has 0 heterocycles. The van der Waals surface area contributed by atoms with E-state index in [1.54, 1.807) is 0 Å². The van der Waals surface area contributed by atoms with Crippen molar-refractivity contribution in [3.8, 4) is 0 Å². The van der Waals surface area contributed by atoms with Gasteiger partial charge in [-0.15, -0.1) is 0 Å². The van der Waals surface area contributed by atoms with Crippen LogP contribution in [-0.2, 0) is 28.6 Å². The first kappa shape index (κ1) is 70.3. The molecule has 6 heteroatoms. The summed E-state index contributed by atoms with van der Waals surface area (Å²) in [6.07, 6.45) is 89.0. The molecule has 0 saturated heterocycles. The quantitative estimate of drug-likeness (QED) is 0.0261. The molecule has 0 aliphatic carbocycles. The normalized spacial score (nSPS) is 13.2. The van der Waals surface area contributed by atoms with Crippen molar-refractivity contribution in [2.24, 2.45) is 0 Å². The molecule has 75 heavy (non-hydrogen) atoms. The van der Waals surface area contributed by atoms with Gasteiger partial charge in [0.1, 0.15) is 13.2 Å². The van der Waals surface area contributed by atoms with Gasteiger partial charge in [0.2, 0.25) is 0 Å². The van der Waals surface area contributed by atoms with Crippen molar-refractivity contribution in [1.29, 1.82) is 0 Å². The van der Waals surface area contributed by atoms with Crippen molar-refractivity contribution in [2.45, 2.75) is 258 Å². The molecule has 0 saturated carbocycles. The average Bonchev–Trinajstić information content (AvgIpc) is 3.41. The minimum absolute atomic E-state index is 0.0967. The minimum atomic E-state index is -0.798. The van der Waals surface area contributed by atoms with Gasteiger partial charge < -0.3 is 14.2 Å². The summed E-state index contributed by atoms with van der Waals surface area (Å²) in [5.41, 5.74) is 0. The first-order valence-electron chi connectivity index (χ1n) is 30.3. The van der Waals surface area contributed by atoms with Gasteiger partial charge in [-0.3, -0.25) is 14.4 Å². The van der Waals surface area contributed by atoms with E-state index in [1.807, 2.05) is 0 Å². The van der Waals surface area contributed by atoms with E-state index in [1.165, 1.54) is 57.8 Å². The number of rotatable bonds is 53. The van der Waals surface area contributed by atoms with Crippen LogP contribution in [0, 0.1) is 0 Å². The number of esters is 3. The molecule has 422 valence electrons. The van der Waals surface area contributed by atoms with E-state index in [0.717, 1.165) is 154 Å². The summed E-state index contributed by atoms with van der Waals surface area (Å²) < 4.78 is 16.7. The van der Waals surface area contributed by atoms with E-state index in [4.69, 9.17) is 14.2 Å². The Bertz CT molecular complexity index is 1660. The molecular weight excluding hydrogens is 925 g/mol. The topological polar surface area (TPSA) is 78.9 Å². The highest BCUT2D eigenvalue weighted by atomic mass is 16.6. The highest BCUT2D eigenvalue weighted by Crippen LogP contribution is 2.14. The molecule has 0 aromatic rings. The Labute approximate surface area is 461 Å². The maximum atomic E-state index is 12.8. The van der Waals surface area contributed by atoms with E-state index in [2.05, 4.69) is 167 Å². The summed E-state index contributed by atoms with van der Waals surface area (Å²) >= 11 is 0.